The van der Waals surface area contributed by atoms with Crippen molar-refractivity contribution in [3.05, 3.63) is 24.7 Å². The van der Waals surface area contributed by atoms with Gasteiger partial charge in [-0.3, -0.25) is 9.69 Å². The normalized spacial score (nSPS) is 17.7. The number of nitrogens with one attached hydrogen (secondary N) is 1. The average Bonchev–Trinajstić information content (AvgIpc) is 3.02. The summed E-state index contributed by atoms with van der Waals surface area (Å²) in [5, 5.41) is 7.24. The van der Waals surface area contributed by atoms with Crippen molar-refractivity contribution in [2.75, 3.05) is 31.1 Å². The maximum Gasteiger partial charge on any atom is 0.237 e. The Hall–Kier alpha value is -2.15. The number of anilines is 1. The van der Waals surface area contributed by atoms with Crippen molar-refractivity contribution >= 4 is 17.2 Å². The fourth-order valence-corrected chi connectivity index (χ4v) is 2.98. The van der Waals surface area contributed by atoms with Crippen molar-refractivity contribution in [3.63, 3.8) is 0 Å². The van der Waals surface area contributed by atoms with Crippen LogP contribution < -0.4 is 10.2 Å². The lowest BCUT2D eigenvalue weighted by Gasteiger charge is -2.38. The molecular formula is C16H24N6O. The van der Waals surface area contributed by atoms with Crippen molar-refractivity contribution in [2.24, 2.45) is 0 Å². The van der Waals surface area contributed by atoms with Crippen LogP contribution in [-0.4, -0.2) is 63.7 Å². The first-order valence-electron chi connectivity index (χ1n) is 8.14. The van der Waals surface area contributed by atoms with Gasteiger partial charge in [-0.25, -0.2) is 9.50 Å². The molecule has 1 amide bonds. The minimum Gasteiger partial charge on any atom is -0.353 e. The number of amides is 1. The van der Waals surface area contributed by atoms with E-state index in [2.05, 4.69) is 25.2 Å². The molecule has 2 aromatic heterocycles. The van der Waals surface area contributed by atoms with Crippen LogP contribution in [0.5, 0.6) is 0 Å². The number of carbonyl (C=O) groups excluding carboxylic acids is 1. The lowest BCUT2D eigenvalue weighted by molar-refractivity contribution is -0.126. The Bertz CT molecular complexity index is 674. The molecule has 0 aliphatic carbocycles. The molecule has 7 nitrogen and oxygen atoms in total. The number of fused-ring (bicyclic) bond motifs is 1. The lowest BCUT2D eigenvalue weighted by Crippen LogP contribution is -2.54. The molecule has 23 heavy (non-hydrogen) atoms. The van der Waals surface area contributed by atoms with E-state index >= 15 is 0 Å². The smallest absolute Gasteiger partial charge is 0.237 e. The maximum atomic E-state index is 12.2. The molecule has 124 valence electrons. The molecule has 0 bridgehead atoms. The van der Waals surface area contributed by atoms with Crippen LogP contribution in [0, 0.1) is 0 Å². The molecular weight excluding hydrogens is 292 g/mol. The highest BCUT2D eigenvalue weighted by Gasteiger charge is 2.26. The lowest BCUT2D eigenvalue weighted by atomic mass is 10.2. The zero-order valence-electron chi connectivity index (χ0n) is 13.9. The second-order valence-electron chi connectivity index (χ2n) is 6.27. The van der Waals surface area contributed by atoms with Gasteiger partial charge in [-0.1, -0.05) is 0 Å². The standard InChI is InChI=1S/C16H24N6O/c1-12(2)19-16(23)13(3)20-8-10-21(11-9-20)15-14-4-5-18-22(14)7-6-17-15/h4-7,12-13H,8-11H2,1-3H3,(H,19,23). The summed E-state index contributed by atoms with van der Waals surface area (Å²) in [5.41, 5.74) is 1.02. The zero-order chi connectivity index (χ0) is 16.4. The molecule has 1 fully saturated rings. The van der Waals surface area contributed by atoms with Gasteiger partial charge in [-0.15, -0.1) is 0 Å². The van der Waals surface area contributed by atoms with Gasteiger partial charge in [0.15, 0.2) is 5.82 Å². The fourth-order valence-electron chi connectivity index (χ4n) is 2.98. The van der Waals surface area contributed by atoms with E-state index in [-0.39, 0.29) is 18.0 Å². The molecule has 3 heterocycles. The number of carbonyl (C=O) groups is 1. The Kier molecular flexibility index (Phi) is 4.47. The number of rotatable bonds is 4. The van der Waals surface area contributed by atoms with Crippen LogP contribution in [-0.2, 0) is 4.79 Å². The van der Waals surface area contributed by atoms with E-state index in [1.54, 1.807) is 12.4 Å². The first-order chi connectivity index (χ1) is 11.1. The number of hydrogen-bond donors (Lipinski definition) is 1. The predicted molar refractivity (Wildman–Crippen MR) is 89.5 cm³/mol. The van der Waals surface area contributed by atoms with Crippen molar-refractivity contribution < 1.29 is 4.79 Å². The summed E-state index contributed by atoms with van der Waals surface area (Å²) in [6, 6.07) is 2.06. The van der Waals surface area contributed by atoms with E-state index in [4.69, 9.17) is 0 Å². The van der Waals surface area contributed by atoms with Gasteiger partial charge in [0.25, 0.3) is 0 Å². The molecule has 1 saturated heterocycles. The van der Waals surface area contributed by atoms with Crippen molar-refractivity contribution in [1.82, 2.24) is 24.8 Å². The monoisotopic (exact) mass is 316 g/mol. The summed E-state index contributed by atoms with van der Waals surface area (Å²) >= 11 is 0. The number of piperazine rings is 1. The van der Waals surface area contributed by atoms with Crippen molar-refractivity contribution in [1.29, 1.82) is 0 Å². The Labute approximate surface area is 136 Å². The minimum absolute atomic E-state index is 0.0988. The summed E-state index contributed by atoms with van der Waals surface area (Å²) < 4.78 is 1.84. The van der Waals surface area contributed by atoms with E-state index in [0.717, 1.165) is 37.5 Å². The van der Waals surface area contributed by atoms with Gasteiger partial charge in [0.1, 0.15) is 5.52 Å². The second kappa shape index (κ2) is 6.54. The quantitative estimate of drug-likeness (QED) is 0.902. The zero-order valence-corrected chi connectivity index (χ0v) is 13.9. The van der Waals surface area contributed by atoms with Crippen molar-refractivity contribution in [2.45, 2.75) is 32.9 Å². The van der Waals surface area contributed by atoms with Crippen LogP contribution in [0.15, 0.2) is 24.7 Å². The fraction of sp³-hybridized carbons (Fsp3) is 0.562. The molecule has 0 spiro atoms. The summed E-state index contributed by atoms with van der Waals surface area (Å²) in [4.78, 5) is 21.2. The largest absolute Gasteiger partial charge is 0.353 e. The predicted octanol–water partition coefficient (Wildman–Crippen LogP) is 0.764. The highest BCUT2D eigenvalue weighted by atomic mass is 16.2. The van der Waals surface area contributed by atoms with Crippen LogP contribution in [0.4, 0.5) is 5.82 Å². The highest BCUT2D eigenvalue weighted by Crippen LogP contribution is 2.20. The average molecular weight is 316 g/mol. The number of nitrogens with zero attached hydrogens (tertiary/aromatic N) is 5. The molecule has 2 aromatic rings. The third-order valence-corrected chi connectivity index (χ3v) is 4.28. The van der Waals surface area contributed by atoms with Gasteiger partial charge >= 0.3 is 0 Å². The third kappa shape index (κ3) is 3.29. The second-order valence-corrected chi connectivity index (χ2v) is 6.27. The molecule has 1 unspecified atom stereocenters. The summed E-state index contributed by atoms with van der Waals surface area (Å²) in [6.07, 6.45) is 5.42. The van der Waals surface area contributed by atoms with E-state index in [1.165, 1.54) is 0 Å². The van der Waals surface area contributed by atoms with Crippen molar-refractivity contribution in [3.8, 4) is 0 Å². The van der Waals surface area contributed by atoms with Gasteiger partial charge < -0.3 is 10.2 Å². The minimum atomic E-state index is -0.0988. The van der Waals surface area contributed by atoms with Gasteiger partial charge in [-0.05, 0) is 26.8 Å². The van der Waals surface area contributed by atoms with E-state index in [0.29, 0.717) is 0 Å². The molecule has 0 saturated carbocycles. The van der Waals surface area contributed by atoms with E-state index in [1.807, 2.05) is 37.5 Å². The third-order valence-electron chi connectivity index (χ3n) is 4.28. The van der Waals surface area contributed by atoms with Crippen LogP contribution in [0.25, 0.3) is 5.52 Å². The summed E-state index contributed by atoms with van der Waals surface area (Å²) in [7, 11) is 0. The van der Waals surface area contributed by atoms with Crippen LogP contribution >= 0.6 is 0 Å². The highest BCUT2D eigenvalue weighted by molar-refractivity contribution is 5.81. The summed E-state index contributed by atoms with van der Waals surface area (Å²) in [5.74, 6) is 1.06. The van der Waals surface area contributed by atoms with Gasteiger partial charge in [0.05, 0.1) is 12.2 Å². The van der Waals surface area contributed by atoms with Crippen LogP contribution in [0.3, 0.4) is 0 Å². The van der Waals surface area contributed by atoms with Gasteiger partial charge in [0.2, 0.25) is 5.91 Å². The first-order valence-corrected chi connectivity index (χ1v) is 8.14. The molecule has 1 atom stereocenters. The van der Waals surface area contributed by atoms with Gasteiger partial charge in [-0.2, -0.15) is 5.10 Å². The molecule has 1 aliphatic rings. The molecule has 3 rings (SSSR count). The summed E-state index contributed by atoms with van der Waals surface area (Å²) in [6.45, 7) is 9.37. The first kappa shape index (κ1) is 15.7. The molecule has 1 aliphatic heterocycles. The Morgan fingerprint density at radius 1 is 1.17 bits per heavy atom. The Morgan fingerprint density at radius 3 is 2.61 bits per heavy atom. The van der Waals surface area contributed by atoms with E-state index in [9.17, 15) is 4.79 Å². The van der Waals surface area contributed by atoms with Crippen LogP contribution in [0.2, 0.25) is 0 Å². The topological polar surface area (TPSA) is 65.8 Å². The van der Waals surface area contributed by atoms with Gasteiger partial charge in [0, 0.05) is 44.6 Å². The molecule has 7 heteroatoms. The Morgan fingerprint density at radius 2 is 1.91 bits per heavy atom. The maximum absolute atomic E-state index is 12.2. The number of hydrogen-bond acceptors (Lipinski definition) is 5. The Balaban J connectivity index is 1.64. The van der Waals surface area contributed by atoms with E-state index < -0.39 is 0 Å². The molecule has 0 aromatic carbocycles. The van der Waals surface area contributed by atoms with Crippen LogP contribution in [0.1, 0.15) is 20.8 Å². The molecule has 1 N–H and O–H groups in total. The molecule has 0 radical (unpaired) electrons. The number of aromatic nitrogens is 3. The SMILES string of the molecule is CC(C)NC(=O)C(C)N1CCN(c2nccn3nccc23)CC1.